The Balaban J connectivity index is 2.15. The van der Waals surface area contributed by atoms with Crippen molar-refractivity contribution in [2.45, 2.75) is 46.2 Å². The summed E-state index contributed by atoms with van der Waals surface area (Å²) in [4.78, 5) is 0. The molecule has 5 unspecified atom stereocenters. The van der Waals surface area contributed by atoms with Crippen LogP contribution in [0.3, 0.4) is 0 Å². The van der Waals surface area contributed by atoms with Crippen molar-refractivity contribution < 1.29 is 0 Å². The van der Waals surface area contributed by atoms with Crippen LogP contribution in [0.5, 0.6) is 0 Å². The van der Waals surface area contributed by atoms with Gasteiger partial charge in [0.2, 0.25) is 0 Å². The van der Waals surface area contributed by atoms with Gasteiger partial charge in [0.05, 0.1) is 0 Å². The number of nitrogens with one attached hydrogen (secondary N) is 2. The van der Waals surface area contributed by atoms with Crippen LogP contribution in [0.2, 0.25) is 0 Å². The van der Waals surface area contributed by atoms with Gasteiger partial charge in [0.25, 0.3) is 0 Å². The molecule has 0 amide bonds. The lowest BCUT2D eigenvalue weighted by molar-refractivity contribution is 0.463. The fourth-order valence-corrected chi connectivity index (χ4v) is 4.25. The Hall–Kier alpha value is -1.00. The number of halogens is 1. The first-order valence-corrected chi connectivity index (χ1v) is 9.43. The summed E-state index contributed by atoms with van der Waals surface area (Å²) in [6, 6.07) is 0.406. The molecule has 0 spiro atoms. The molecular formula is C19H30BrN3. The van der Waals surface area contributed by atoms with E-state index in [4.69, 9.17) is 5.73 Å². The molecule has 5 atom stereocenters. The van der Waals surface area contributed by atoms with Crippen molar-refractivity contribution in [3.8, 4) is 0 Å². The molecule has 0 aromatic rings. The van der Waals surface area contributed by atoms with Crippen LogP contribution in [0.4, 0.5) is 0 Å². The van der Waals surface area contributed by atoms with Gasteiger partial charge in [0.1, 0.15) is 0 Å². The van der Waals surface area contributed by atoms with E-state index in [0.29, 0.717) is 17.9 Å². The third-order valence-corrected chi connectivity index (χ3v) is 5.51. The molecule has 0 fully saturated rings. The van der Waals surface area contributed by atoms with Gasteiger partial charge in [-0.05, 0) is 37.7 Å². The van der Waals surface area contributed by atoms with Gasteiger partial charge in [0, 0.05) is 40.9 Å². The molecule has 0 bridgehead atoms. The fourth-order valence-electron chi connectivity index (χ4n) is 3.28. The van der Waals surface area contributed by atoms with Crippen molar-refractivity contribution >= 4 is 15.9 Å². The summed E-state index contributed by atoms with van der Waals surface area (Å²) in [6.07, 6.45) is 12.1. The largest absolute Gasteiger partial charge is 0.390 e. The Morgan fingerprint density at radius 3 is 2.78 bits per heavy atom. The van der Waals surface area contributed by atoms with Crippen molar-refractivity contribution in [2.75, 3.05) is 6.54 Å². The number of rotatable bonds is 6. The molecule has 128 valence electrons. The molecular weight excluding hydrogens is 350 g/mol. The van der Waals surface area contributed by atoms with Gasteiger partial charge in [-0.15, -0.1) is 0 Å². The Morgan fingerprint density at radius 1 is 1.48 bits per heavy atom. The summed E-state index contributed by atoms with van der Waals surface area (Å²) in [6.45, 7) is 9.69. The van der Waals surface area contributed by atoms with Crippen LogP contribution in [0.15, 0.2) is 46.3 Å². The quantitative estimate of drug-likeness (QED) is 0.657. The first kappa shape index (κ1) is 18.3. The normalized spacial score (nSPS) is 32.3. The molecule has 2 rings (SSSR count). The smallest absolute Gasteiger partial charge is 0.0472 e. The van der Waals surface area contributed by atoms with E-state index in [9.17, 15) is 0 Å². The zero-order chi connectivity index (χ0) is 17.0. The maximum atomic E-state index is 6.45. The van der Waals surface area contributed by atoms with Gasteiger partial charge in [-0.1, -0.05) is 54.1 Å². The molecule has 0 aliphatic heterocycles. The third-order valence-electron chi connectivity index (χ3n) is 4.75. The first-order chi connectivity index (χ1) is 10.9. The van der Waals surface area contributed by atoms with Crippen molar-refractivity contribution in [1.82, 2.24) is 10.6 Å². The molecule has 0 saturated carbocycles. The summed E-state index contributed by atoms with van der Waals surface area (Å²) >= 11 is 3.72. The zero-order valence-electron chi connectivity index (χ0n) is 14.6. The van der Waals surface area contributed by atoms with Gasteiger partial charge in [-0.3, -0.25) is 0 Å². The summed E-state index contributed by atoms with van der Waals surface area (Å²) in [5, 5.41) is 7.05. The Kier molecular flexibility index (Phi) is 6.54. The highest BCUT2D eigenvalue weighted by Crippen LogP contribution is 2.37. The highest BCUT2D eigenvalue weighted by Gasteiger charge is 2.34. The minimum atomic E-state index is 0.105. The molecule has 0 radical (unpaired) electrons. The molecule has 2 aliphatic carbocycles. The SMILES string of the molecule is CCN/C=C(/NC(C)C1=CC=CC(C)C1)C1C(Br)=CC(C)C1N. The van der Waals surface area contributed by atoms with E-state index in [2.05, 4.69) is 84.8 Å². The molecule has 0 aromatic carbocycles. The standard InChI is InChI=1S/C19H30BrN3/c1-5-22-11-17(18-16(20)10-13(3)19(18)21)23-14(4)15-8-6-7-12(2)9-15/h6-8,10-14,18-19,22-23H,5,9,21H2,1-4H3/b17-11+. The van der Waals surface area contributed by atoms with Gasteiger partial charge >= 0.3 is 0 Å². The molecule has 2 aliphatic rings. The Morgan fingerprint density at radius 2 is 2.22 bits per heavy atom. The maximum Gasteiger partial charge on any atom is 0.0472 e. The summed E-state index contributed by atoms with van der Waals surface area (Å²) in [5.41, 5.74) is 9.06. The van der Waals surface area contributed by atoms with E-state index in [1.807, 2.05) is 0 Å². The van der Waals surface area contributed by atoms with Gasteiger partial charge < -0.3 is 16.4 Å². The minimum Gasteiger partial charge on any atom is -0.390 e. The van der Waals surface area contributed by atoms with Gasteiger partial charge in [0.15, 0.2) is 0 Å². The van der Waals surface area contributed by atoms with Crippen LogP contribution in [-0.4, -0.2) is 18.6 Å². The van der Waals surface area contributed by atoms with Crippen LogP contribution in [0.25, 0.3) is 0 Å². The zero-order valence-corrected chi connectivity index (χ0v) is 16.2. The summed E-state index contributed by atoms with van der Waals surface area (Å²) < 4.78 is 1.19. The monoisotopic (exact) mass is 379 g/mol. The van der Waals surface area contributed by atoms with E-state index >= 15 is 0 Å². The van der Waals surface area contributed by atoms with Gasteiger partial charge in [-0.25, -0.2) is 0 Å². The number of nitrogens with two attached hydrogens (primary N) is 1. The topological polar surface area (TPSA) is 50.1 Å². The fraction of sp³-hybridized carbons (Fsp3) is 0.579. The molecule has 0 saturated heterocycles. The first-order valence-electron chi connectivity index (χ1n) is 8.64. The second kappa shape index (κ2) is 8.20. The Bertz CT molecular complexity index is 533. The molecule has 4 N–H and O–H groups in total. The summed E-state index contributed by atoms with van der Waals surface area (Å²) in [5.74, 6) is 1.19. The Labute approximate surface area is 149 Å². The third kappa shape index (κ3) is 4.51. The predicted octanol–water partition coefficient (Wildman–Crippen LogP) is 3.81. The molecule has 0 aromatic heterocycles. The lowest BCUT2D eigenvalue weighted by Crippen LogP contribution is -2.40. The average Bonchev–Trinajstić information content (AvgIpc) is 2.76. The number of hydrogen-bond donors (Lipinski definition) is 3. The van der Waals surface area contributed by atoms with Crippen molar-refractivity contribution in [3.63, 3.8) is 0 Å². The number of hydrogen-bond acceptors (Lipinski definition) is 3. The molecule has 0 heterocycles. The van der Waals surface area contributed by atoms with E-state index in [-0.39, 0.29) is 12.0 Å². The minimum absolute atomic E-state index is 0.105. The highest BCUT2D eigenvalue weighted by atomic mass is 79.9. The second-order valence-electron chi connectivity index (χ2n) is 6.80. The van der Waals surface area contributed by atoms with E-state index in [1.165, 1.54) is 15.8 Å². The van der Waals surface area contributed by atoms with Crippen molar-refractivity contribution in [2.24, 2.45) is 23.5 Å². The predicted molar refractivity (Wildman–Crippen MR) is 103 cm³/mol. The van der Waals surface area contributed by atoms with Crippen molar-refractivity contribution in [3.05, 3.63) is 46.3 Å². The molecule has 23 heavy (non-hydrogen) atoms. The van der Waals surface area contributed by atoms with E-state index < -0.39 is 0 Å². The second-order valence-corrected chi connectivity index (χ2v) is 7.71. The van der Waals surface area contributed by atoms with Crippen molar-refractivity contribution in [1.29, 1.82) is 0 Å². The van der Waals surface area contributed by atoms with E-state index in [1.54, 1.807) is 0 Å². The van der Waals surface area contributed by atoms with Crippen LogP contribution >= 0.6 is 15.9 Å². The molecule has 4 heteroatoms. The number of allylic oxidation sites excluding steroid dienone is 3. The van der Waals surface area contributed by atoms with Crippen LogP contribution in [-0.2, 0) is 0 Å². The van der Waals surface area contributed by atoms with Crippen LogP contribution < -0.4 is 16.4 Å². The highest BCUT2D eigenvalue weighted by molar-refractivity contribution is 9.11. The van der Waals surface area contributed by atoms with Crippen LogP contribution in [0.1, 0.15) is 34.1 Å². The molecule has 3 nitrogen and oxygen atoms in total. The average molecular weight is 380 g/mol. The van der Waals surface area contributed by atoms with E-state index in [0.717, 1.165) is 13.0 Å². The van der Waals surface area contributed by atoms with Gasteiger partial charge in [-0.2, -0.15) is 0 Å². The van der Waals surface area contributed by atoms with Crippen LogP contribution in [0, 0.1) is 17.8 Å². The summed E-state index contributed by atoms with van der Waals surface area (Å²) in [7, 11) is 0. The maximum absolute atomic E-state index is 6.45. The lowest BCUT2D eigenvalue weighted by Gasteiger charge is -2.29. The lowest BCUT2D eigenvalue weighted by atomic mass is 9.90.